The molecule has 1 aliphatic carbocycles. The average molecular weight is 573 g/mol. The molecule has 41 heavy (non-hydrogen) atoms. The van der Waals surface area contributed by atoms with Crippen molar-refractivity contribution in [2.75, 3.05) is 18.4 Å². The molecule has 6 rings (SSSR count). The van der Waals surface area contributed by atoms with Crippen molar-refractivity contribution in [2.24, 2.45) is 5.92 Å². The summed E-state index contributed by atoms with van der Waals surface area (Å²) in [4.78, 5) is 37.5. The summed E-state index contributed by atoms with van der Waals surface area (Å²) < 4.78 is 2.03. The first-order chi connectivity index (χ1) is 19.9. The first-order valence-electron chi connectivity index (χ1n) is 14.1. The third-order valence-corrected chi connectivity index (χ3v) is 8.29. The lowest BCUT2D eigenvalue weighted by Crippen LogP contribution is -2.46. The first kappa shape index (κ1) is 27.4. The van der Waals surface area contributed by atoms with Crippen molar-refractivity contribution >= 4 is 40.0 Å². The Labute approximate surface area is 243 Å². The smallest absolute Gasteiger partial charge is 0.251 e. The number of aromatic nitrogens is 3. The number of likely N-dealkylation sites (tertiary alicyclic amines) is 1. The van der Waals surface area contributed by atoms with Crippen LogP contribution in [0.25, 0.3) is 16.6 Å². The van der Waals surface area contributed by atoms with Crippen LogP contribution in [0.2, 0.25) is 5.15 Å². The molecule has 212 valence electrons. The summed E-state index contributed by atoms with van der Waals surface area (Å²) in [5.41, 5.74) is 2.91. The molecule has 1 saturated carbocycles. The molecule has 1 aliphatic heterocycles. The Hall–Kier alpha value is -3.79. The van der Waals surface area contributed by atoms with Gasteiger partial charge in [-0.1, -0.05) is 24.4 Å². The van der Waals surface area contributed by atoms with E-state index >= 15 is 0 Å². The lowest BCUT2D eigenvalue weighted by atomic mass is 9.83. The number of carbonyl (C=O) groups is 2. The van der Waals surface area contributed by atoms with E-state index in [1.165, 1.54) is 0 Å². The Balaban J connectivity index is 1.10. The number of carbonyl (C=O) groups excluding carboxylic acids is 2. The van der Waals surface area contributed by atoms with Crippen LogP contribution >= 0.6 is 11.6 Å². The van der Waals surface area contributed by atoms with Gasteiger partial charge in [-0.3, -0.25) is 14.5 Å². The number of fused-ring (bicyclic) bond motifs is 1. The molecule has 2 fully saturated rings. The zero-order valence-corrected chi connectivity index (χ0v) is 23.4. The Morgan fingerprint density at radius 3 is 2.66 bits per heavy atom. The molecule has 4 aromatic rings. The maximum Gasteiger partial charge on any atom is 0.251 e. The first-order valence-corrected chi connectivity index (χ1v) is 14.5. The quantitative estimate of drug-likeness (QED) is 0.280. The van der Waals surface area contributed by atoms with Crippen LogP contribution < -0.4 is 10.6 Å². The fourth-order valence-corrected chi connectivity index (χ4v) is 6.05. The number of benzene rings is 2. The third-order valence-electron chi connectivity index (χ3n) is 8.08. The minimum absolute atomic E-state index is 0.0870. The molecule has 3 N–H and O–H groups in total. The van der Waals surface area contributed by atoms with E-state index in [0.29, 0.717) is 29.5 Å². The summed E-state index contributed by atoms with van der Waals surface area (Å²) in [6.07, 6.45) is 7.61. The molecule has 3 heterocycles. The number of halogens is 1. The second-order valence-corrected chi connectivity index (χ2v) is 11.3. The van der Waals surface area contributed by atoms with E-state index in [1.807, 2.05) is 41.1 Å². The SMILES string of the molecule is O=C(N[C@@H]1CCCC[C@@H]1C(=O)Nc1ccc(-n2ccnc2CN2CCC(O)C2)cc1)c1ccc2nc(Cl)ccc2c1. The van der Waals surface area contributed by atoms with E-state index in [-0.39, 0.29) is 29.9 Å². The van der Waals surface area contributed by atoms with Gasteiger partial charge in [-0.25, -0.2) is 9.97 Å². The minimum atomic E-state index is -0.315. The molecule has 2 aliphatic rings. The number of nitrogens with one attached hydrogen (secondary N) is 2. The molecule has 1 unspecified atom stereocenters. The average Bonchev–Trinajstić information content (AvgIpc) is 3.62. The van der Waals surface area contributed by atoms with Gasteiger partial charge in [0, 0.05) is 53.8 Å². The largest absolute Gasteiger partial charge is 0.392 e. The van der Waals surface area contributed by atoms with Crippen LogP contribution in [0.3, 0.4) is 0 Å². The van der Waals surface area contributed by atoms with Crippen molar-refractivity contribution < 1.29 is 14.7 Å². The van der Waals surface area contributed by atoms with Crippen LogP contribution in [0.5, 0.6) is 0 Å². The predicted molar refractivity (Wildman–Crippen MR) is 158 cm³/mol. The van der Waals surface area contributed by atoms with Gasteiger partial charge in [0.25, 0.3) is 5.91 Å². The highest BCUT2D eigenvalue weighted by Gasteiger charge is 2.32. The number of aliphatic hydroxyl groups is 1. The molecule has 9 nitrogen and oxygen atoms in total. The molecule has 10 heteroatoms. The van der Waals surface area contributed by atoms with Crippen molar-refractivity contribution in [1.29, 1.82) is 0 Å². The molecule has 2 aromatic carbocycles. The molecule has 1 saturated heterocycles. The number of hydrogen-bond acceptors (Lipinski definition) is 6. The second kappa shape index (κ2) is 12.0. The highest BCUT2D eigenvalue weighted by Crippen LogP contribution is 2.27. The molecular formula is C31H33ClN6O3. The fraction of sp³-hybridized carbons (Fsp3) is 0.355. The molecule has 0 spiro atoms. The van der Waals surface area contributed by atoms with Crippen molar-refractivity contribution in [2.45, 2.75) is 50.8 Å². The summed E-state index contributed by atoms with van der Waals surface area (Å²) >= 11 is 5.98. The zero-order chi connectivity index (χ0) is 28.3. The van der Waals surface area contributed by atoms with Gasteiger partial charge in [-0.05, 0) is 73.9 Å². The van der Waals surface area contributed by atoms with E-state index in [9.17, 15) is 14.7 Å². The number of imidazole rings is 1. The number of aliphatic hydroxyl groups excluding tert-OH is 1. The lowest BCUT2D eigenvalue weighted by molar-refractivity contribution is -0.121. The highest BCUT2D eigenvalue weighted by atomic mass is 35.5. The number of pyridine rings is 1. The Kier molecular flexibility index (Phi) is 8.00. The number of amides is 2. The van der Waals surface area contributed by atoms with Crippen molar-refractivity contribution in [1.82, 2.24) is 24.8 Å². The van der Waals surface area contributed by atoms with E-state index in [4.69, 9.17) is 11.6 Å². The molecular weight excluding hydrogens is 540 g/mol. The molecule has 0 bridgehead atoms. The van der Waals surface area contributed by atoms with Gasteiger partial charge in [-0.15, -0.1) is 0 Å². The van der Waals surface area contributed by atoms with Gasteiger partial charge >= 0.3 is 0 Å². The Bertz CT molecular complexity index is 1560. The number of rotatable bonds is 7. The monoisotopic (exact) mass is 572 g/mol. The zero-order valence-electron chi connectivity index (χ0n) is 22.7. The Morgan fingerprint density at radius 1 is 1.02 bits per heavy atom. The molecule has 2 amide bonds. The number of anilines is 1. The van der Waals surface area contributed by atoms with Crippen LogP contribution in [-0.2, 0) is 11.3 Å². The van der Waals surface area contributed by atoms with Gasteiger partial charge in [0.05, 0.1) is 24.1 Å². The van der Waals surface area contributed by atoms with Crippen LogP contribution in [0.4, 0.5) is 5.69 Å². The molecule has 2 aromatic heterocycles. The normalized spacial score (nSPS) is 21.2. The maximum absolute atomic E-state index is 13.4. The van der Waals surface area contributed by atoms with Gasteiger partial charge in [-0.2, -0.15) is 0 Å². The second-order valence-electron chi connectivity index (χ2n) is 10.9. The van der Waals surface area contributed by atoms with Crippen LogP contribution in [0.1, 0.15) is 48.3 Å². The summed E-state index contributed by atoms with van der Waals surface area (Å²) in [6, 6.07) is 16.3. The number of nitrogens with zero attached hydrogens (tertiary/aromatic N) is 4. The Morgan fingerprint density at radius 2 is 1.85 bits per heavy atom. The maximum atomic E-state index is 13.4. The van der Waals surface area contributed by atoms with E-state index < -0.39 is 0 Å². The topological polar surface area (TPSA) is 112 Å². The van der Waals surface area contributed by atoms with Crippen molar-refractivity contribution in [3.8, 4) is 5.69 Å². The summed E-state index contributed by atoms with van der Waals surface area (Å²) in [7, 11) is 0. The van der Waals surface area contributed by atoms with Crippen molar-refractivity contribution in [3.63, 3.8) is 0 Å². The van der Waals surface area contributed by atoms with Crippen molar-refractivity contribution in [3.05, 3.63) is 83.5 Å². The van der Waals surface area contributed by atoms with Gasteiger partial charge in [0.15, 0.2) is 0 Å². The third kappa shape index (κ3) is 6.27. The summed E-state index contributed by atoms with van der Waals surface area (Å²) in [6.45, 7) is 2.19. The molecule has 3 atom stereocenters. The summed E-state index contributed by atoms with van der Waals surface area (Å²) in [5, 5.41) is 17.3. The number of β-amino-alcohol motifs (C(OH)–C–C–N with tert-alkyl or cyclic N) is 1. The van der Waals surface area contributed by atoms with Crippen LogP contribution in [0.15, 0.2) is 67.0 Å². The fourth-order valence-electron chi connectivity index (χ4n) is 5.89. The standard InChI is InChI=1S/C31H33ClN6O3/c32-28-12-6-20-17-21(5-11-26(20)35-28)30(40)36-27-4-2-1-3-25(27)31(41)34-22-7-9-23(10-8-22)38-16-14-33-29(38)19-37-15-13-24(39)18-37/h5-12,14,16-17,24-25,27,39H,1-4,13,15,18-19H2,(H,34,41)(H,36,40)/t24?,25-,27+/m0/s1. The van der Waals surface area contributed by atoms with Gasteiger partial charge in [0.2, 0.25) is 5.91 Å². The van der Waals surface area contributed by atoms with Gasteiger partial charge < -0.3 is 20.3 Å². The molecule has 0 radical (unpaired) electrons. The van der Waals surface area contributed by atoms with E-state index in [2.05, 4.69) is 25.5 Å². The van der Waals surface area contributed by atoms with Crippen LogP contribution in [-0.4, -0.2) is 61.6 Å². The van der Waals surface area contributed by atoms with Crippen LogP contribution in [0, 0.1) is 5.92 Å². The minimum Gasteiger partial charge on any atom is -0.392 e. The van der Waals surface area contributed by atoms with Gasteiger partial charge in [0.1, 0.15) is 11.0 Å². The highest BCUT2D eigenvalue weighted by molar-refractivity contribution is 6.29. The van der Waals surface area contributed by atoms with E-state index in [0.717, 1.165) is 61.1 Å². The summed E-state index contributed by atoms with van der Waals surface area (Å²) in [5.74, 6) is 0.305. The number of hydrogen-bond donors (Lipinski definition) is 3. The van der Waals surface area contributed by atoms with E-state index in [1.54, 1.807) is 30.5 Å². The lowest BCUT2D eigenvalue weighted by Gasteiger charge is -2.31. The predicted octanol–water partition coefficient (Wildman–Crippen LogP) is 4.57.